The van der Waals surface area contributed by atoms with E-state index in [2.05, 4.69) is 32.3 Å². The van der Waals surface area contributed by atoms with Gasteiger partial charge in [-0.25, -0.2) is 4.79 Å². The third kappa shape index (κ3) is 3.74. The summed E-state index contributed by atoms with van der Waals surface area (Å²) in [5.41, 5.74) is 0. The zero-order valence-electron chi connectivity index (χ0n) is 13.2. The van der Waals surface area contributed by atoms with E-state index in [1.807, 2.05) is 11.8 Å². The lowest BCUT2D eigenvalue weighted by atomic mass is 9.95. The van der Waals surface area contributed by atoms with Crippen LogP contribution < -0.4 is 10.6 Å². The number of rotatable bonds is 5. The molecule has 2 amide bonds. The van der Waals surface area contributed by atoms with E-state index in [1.165, 1.54) is 12.8 Å². The van der Waals surface area contributed by atoms with Gasteiger partial charge in [0.15, 0.2) is 5.82 Å². The molecule has 0 radical (unpaired) electrons. The molecule has 1 aliphatic heterocycles. The number of hydrogen-bond acceptors (Lipinski definition) is 4. The standard InChI is InChI=1S/C15H25N5OS/c1-2-22-12-6-3-5-11(9-12)17-15(21)16-10-14-19-18-13-7-4-8-20(13)14/h11-12H,2-10H2,1H3,(H2,16,17,21)/t11-,12-/m1/s1. The van der Waals surface area contributed by atoms with E-state index in [-0.39, 0.29) is 6.03 Å². The Morgan fingerprint density at radius 1 is 1.36 bits per heavy atom. The highest BCUT2D eigenvalue weighted by Gasteiger charge is 2.23. The summed E-state index contributed by atoms with van der Waals surface area (Å²) in [5.74, 6) is 3.07. The molecular weight excluding hydrogens is 298 g/mol. The Bertz CT molecular complexity index is 516. The molecule has 0 bridgehead atoms. The Morgan fingerprint density at radius 2 is 2.27 bits per heavy atom. The molecule has 6 nitrogen and oxygen atoms in total. The van der Waals surface area contributed by atoms with Crippen molar-refractivity contribution >= 4 is 17.8 Å². The Hall–Kier alpha value is -1.24. The number of thioether (sulfide) groups is 1. The third-order valence-corrected chi connectivity index (χ3v) is 5.69. The van der Waals surface area contributed by atoms with Crippen molar-refractivity contribution in [2.24, 2.45) is 0 Å². The molecule has 0 spiro atoms. The van der Waals surface area contributed by atoms with Crippen molar-refractivity contribution in [1.82, 2.24) is 25.4 Å². The summed E-state index contributed by atoms with van der Waals surface area (Å²) in [5, 5.41) is 15.1. The second-order valence-corrected chi connectivity index (χ2v) is 7.63. The van der Waals surface area contributed by atoms with Crippen LogP contribution in [0.2, 0.25) is 0 Å². The predicted octanol–water partition coefficient (Wildman–Crippen LogP) is 2.09. The van der Waals surface area contributed by atoms with Gasteiger partial charge in [0.1, 0.15) is 5.82 Å². The number of carbonyl (C=O) groups excluding carboxylic acids is 1. The number of aromatic nitrogens is 3. The summed E-state index contributed by atoms with van der Waals surface area (Å²) in [6, 6.07) is 0.226. The Morgan fingerprint density at radius 3 is 3.14 bits per heavy atom. The monoisotopic (exact) mass is 323 g/mol. The number of carbonyl (C=O) groups is 1. The number of fused-ring (bicyclic) bond motifs is 1. The Balaban J connectivity index is 1.44. The van der Waals surface area contributed by atoms with E-state index in [1.54, 1.807) is 0 Å². The first kappa shape index (κ1) is 15.6. The molecule has 0 aromatic carbocycles. The van der Waals surface area contributed by atoms with Crippen LogP contribution in [0.25, 0.3) is 0 Å². The average Bonchev–Trinajstić information content (AvgIpc) is 3.09. The summed E-state index contributed by atoms with van der Waals surface area (Å²) < 4.78 is 2.12. The second-order valence-electron chi connectivity index (χ2n) is 6.06. The molecule has 1 aromatic rings. The lowest BCUT2D eigenvalue weighted by Crippen LogP contribution is -2.44. The minimum absolute atomic E-state index is 0.0810. The van der Waals surface area contributed by atoms with Gasteiger partial charge < -0.3 is 15.2 Å². The van der Waals surface area contributed by atoms with Crippen LogP contribution in [0, 0.1) is 0 Å². The van der Waals surface area contributed by atoms with E-state index in [4.69, 9.17) is 0 Å². The van der Waals surface area contributed by atoms with Crippen LogP contribution in [0.4, 0.5) is 4.79 Å². The van der Waals surface area contributed by atoms with Crippen molar-refractivity contribution in [1.29, 1.82) is 0 Å². The van der Waals surface area contributed by atoms with Crippen LogP contribution in [0.1, 0.15) is 50.7 Å². The zero-order chi connectivity index (χ0) is 15.4. The van der Waals surface area contributed by atoms with Crippen molar-refractivity contribution in [3.8, 4) is 0 Å². The van der Waals surface area contributed by atoms with Gasteiger partial charge in [-0.3, -0.25) is 0 Å². The Kier molecular flexibility index (Phi) is 5.23. The van der Waals surface area contributed by atoms with E-state index in [0.29, 0.717) is 17.8 Å². The first-order valence-electron chi connectivity index (χ1n) is 8.33. The molecule has 1 fully saturated rings. The van der Waals surface area contributed by atoms with Crippen molar-refractivity contribution in [3.63, 3.8) is 0 Å². The molecule has 2 heterocycles. The highest BCUT2D eigenvalue weighted by molar-refractivity contribution is 7.99. The van der Waals surface area contributed by atoms with Gasteiger partial charge in [0.25, 0.3) is 0 Å². The quantitative estimate of drug-likeness (QED) is 0.870. The molecule has 1 aliphatic carbocycles. The molecular formula is C15H25N5OS. The minimum Gasteiger partial charge on any atom is -0.335 e. The number of nitrogens with zero attached hydrogens (tertiary/aromatic N) is 3. The Labute approximate surface area is 135 Å². The molecule has 122 valence electrons. The number of amides is 2. The SMILES string of the molecule is CCS[C@@H]1CCC[C@@H](NC(=O)NCc2nnc3n2CCC3)C1. The molecule has 1 aromatic heterocycles. The summed E-state index contributed by atoms with van der Waals surface area (Å²) in [7, 11) is 0. The largest absolute Gasteiger partial charge is 0.335 e. The fourth-order valence-electron chi connectivity index (χ4n) is 3.40. The van der Waals surface area contributed by atoms with Gasteiger partial charge in [0.05, 0.1) is 6.54 Å². The molecule has 2 N–H and O–H groups in total. The smallest absolute Gasteiger partial charge is 0.315 e. The lowest BCUT2D eigenvalue weighted by Gasteiger charge is -2.29. The van der Waals surface area contributed by atoms with Gasteiger partial charge in [-0.2, -0.15) is 11.8 Å². The first-order valence-corrected chi connectivity index (χ1v) is 9.38. The molecule has 3 rings (SSSR count). The van der Waals surface area contributed by atoms with Crippen molar-refractivity contribution in [3.05, 3.63) is 11.6 Å². The summed E-state index contributed by atoms with van der Waals surface area (Å²) in [6.45, 7) is 3.63. The molecule has 0 saturated heterocycles. The van der Waals surface area contributed by atoms with Crippen LogP contribution in [0.5, 0.6) is 0 Å². The molecule has 1 saturated carbocycles. The van der Waals surface area contributed by atoms with Crippen molar-refractivity contribution in [2.45, 2.75) is 69.8 Å². The van der Waals surface area contributed by atoms with E-state index < -0.39 is 0 Å². The number of urea groups is 1. The second kappa shape index (κ2) is 7.35. The summed E-state index contributed by atoms with van der Waals surface area (Å²) in [4.78, 5) is 12.1. The van der Waals surface area contributed by atoms with E-state index >= 15 is 0 Å². The van der Waals surface area contributed by atoms with E-state index in [0.717, 1.165) is 49.6 Å². The third-order valence-electron chi connectivity index (χ3n) is 4.46. The fraction of sp³-hybridized carbons (Fsp3) is 0.800. The van der Waals surface area contributed by atoms with Gasteiger partial charge in [-0.15, -0.1) is 10.2 Å². The summed E-state index contributed by atoms with van der Waals surface area (Å²) in [6.07, 6.45) is 6.80. The van der Waals surface area contributed by atoms with Gasteiger partial charge in [-0.05, 0) is 31.4 Å². The number of hydrogen-bond donors (Lipinski definition) is 2. The maximum atomic E-state index is 12.1. The fourth-order valence-corrected chi connectivity index (χ4v) is 4.57. The molecule has 2 aliphatic rings. The highest BCUT2D eigenvalue weighted by Crippen LogP contribution is 2.28. The highest BCUT2D eigenvalue weighted by atomic mass is 32.2. The molecule has 7 heteroatoms. The van der Waals surface area contributed by atoms with Crippen LogP contribution in [-0.4, -0.2) is 37.8 Å². The molecule has 22 heavy (non-hydrogen) atoms. The number of aryl methyl sites for hydroxylation is 1. The molecule has 2 atom stereocenters. The molecule has 0 unspecified atom stereocenters. The average molecular weight is 323 g/mol. The van der Waals surface area contributed by atoms with Gasteiger partial charge in [-0.1, -0.05) is 13.3 Å². The number of nitrogens with one attached hydrogen (secondary N) is 2. The van der Waals surface area contributed by atoms with Gasteiger partial charge in [0.2, 0.25) is 0 Å². The van der Waals surface area contributed by atoms with Crippen molar-refractivity contribution in [2.75, 3.05) is 5.75 Å². The predicted molar refractivity (Wildman–Crippen MR) is 87.9 cm³/mol. The zero-order valence-corrected chi connectivity index (χ0v) is 14.0. The van der Waals surface area contributed by atoms with Crippen LogP contribution >= 0.6 is 11.8 Å². The lowest BCUT2D eigenvalue weighted by molar-refractivity contribution is 0.232. The first-order chi connectivity index (χ1) is 10.8. The van der Waals surface area contributed by atoms with E-state index in [9.17, 15) is 4.79 Å². The normalized spacial score (nSPS) is 24.0. The minimum atomic E-state index is -0.0810. The summed E-state index contributed by atoms with van der Waals surface area (Å²) >= 11 is 2.01. The van der Waals surface area contributed by atoms with Crippen molar-refractivity contribution < 1.29 is 4.79 Å². The maximum Gasteiger partial charge on any atom is 0.315 e. The maximum absolute atomic E-state index is 12.1. The van der Waals surface area contributed by atoms with Gasteiger partial charge in [0, 0.05) is 24.3 Å². The van der Waals surface area contributed by atoms with Gasteiger partial charge >= 0.3 is 6.03 Å². The topological polar surface area (TPSA) is 71.8 Å². The van der Waals surface area contributed by atoms with Crippen LogP contribution in [0.3, 0.4) is 0 Å². The van der Waals surface area contributed by atoms with Crippen LogP contribution in [-0.2, 0) is 19.5 Å². The van der Waals surface area contributed by atoms with Crippen LogP contribution in [0.15, 0.2) is 0 Å².